The van der Waals surface area contributed by atoms with E-state index < -0.39 is 11.4 Å². The third-order valence-electron chi connectivity index (χ3n) is 4.29. The van der Waals surface area contributed by atoms with Gasteiger partial charge in [0.25, 0.3) is 0 Å². The average molecular weight is 261 g/mol. The molecule has 1 saturated carbocycles. The van der Waals surface area contributed by atoms with Crippen LogP contribution in [0.5, 0.6) is 0 Å². The first kappa shape index (κ1) is 13.9. The van der Waals surface area contributed by atoms with E-state index >= 15 is 0 Å². The van der Waals surface area contributed by atoms with Crippen molar-refractivity contribution in [1.29, 1.82) is 0 Å². The van der Waals surface area contributed by atoms with E-state index in [9.17, 15) is 9.90 Å². The Bertz CT molecular complexity index is 476. The molecule has 1 aromatic carbocycles. The summed E-state index contributed by atoms with van der Waals surface area (Å²) in [6.07, 6.45) is 2.61. The van der Waals surface area contributed by atoms with Crippen molar-refractivity contribution in [3.63, 3.8) is 0 Å². The van der Waals surface area contributed by atoms with E-state index in [1.54, 1.807) is 0 Å². The minimum Gasteiger partial charge on any atom is -0.481 e. The quantitative estimate of drug-likeness (QED) is 0.848. The Hall–Kier alpha value is -1.51. The summed E-state index contributed by atoms with van der Waals surface area (Å²) < 4.78 is 0. The first-order valence-corrected chi connectivity index (χ1v) is 7.03. The lowest BCUT2D eigenvalue weighted by molar-refractivity contribution is -0.153. The smallest absolute Gasteiger partial charge is 0.311 e. The molecule has 1 aromatic rings. The van der Waals surface area contributed by atoms with Gasteiger partial charge in [-0.05, 0) is 36.8 Å². The molecular formula is C16H23NO2. The van der Waals surface area contributed by atoms with Gasteiger partial charge in [-0.3, -0.25) is 4.79 Å². The van der Waals surface area contributed by atoms with Crippen LogP contribution in [0.4, 0.5) is 5.69 Å². The van der Waals surface area contributed by atoms with E-state index in [-0.39, 0.29) is 0 Å². The number of hydrogen-bond acceptors (Lipinski definition) is 2. The normalized spacial score (nSPS) is 17.1. The highest BCUT2D eigenvalue weighted by Gasteiger charge is 2.44. The predicted octanol–water partition coefficient (Wildman–Crippen LogP) is 3.79. The minimum absolute atomic E-state index is 0.435. The molecule has 1 aliphatic rings. The van der Waals surface area contributed by atoms with Gasteiger partial charge in [0.15, 0.2) is 0 Å². The third-order valence-corrected chi connectivity index (χ3v) is 4.29. The van der Waals surface area contributed by atoms with Crippen LogP contribution in [0, 0.1) is 12.3 Å². The van der Waals surface area contributed by atoms with Gasteiger partial charge in [0, 0.05) is 12.2 Å². The predicted molar refractivity (Wildman–Crippen MR) is 77.7 cm³/mol. The number of carboxylic acids is 1. The third kappa shape index (κ3) is 2.60. The Kier molecular flexibility index (Phi) is 3.83. The highest BCUT2D eigenvalue weighted by molar-refractivity contribution is 5.77. The number of nitrogens with one attached hydrogen (secondary N) is 1. The van der Waals surface area contributed by atoms with Crippen molar-refractivity contribution >= 4 is 11.7 Å². The van der Waals surface area contributed by atoms with Crippen LogP contribution in [0.2, 0.25) is 0 Å². The van der Waals surface area contributed by atoms with E-state index in [0.29, 0.717) is 12.5 Å². The van der Waals surface area contributed by atoms with Crippen LogP contribution in [0.3, 0.4) is 0 Å². The van der Waals surface area contributed by atoms with Gasteiger partial charge >= 0.3 is 5.97 Å². The summed E-state index contributed by atoms with van der Waals surface area (Å²) in [4.78, 5) is 11.4. The van der Waals surface area contributed by atoms with Crippen LogP contribution in [0.1, 0.15) is 50.2 Å². The first-order valence-electron chi connectivity index (χ1n) is 7.03. The summed E-state index contributed by atoms with van der Waals surface area (Å²) in [5, 5.41) is 12.8. The Morgan fingerprint density at radius 1 is 1.42 bits per heavy atom. The number of rotatable bonds is 5. The van der Waals surface area contributed by atoms with E-state index in [0.717, 1.165) is 24.9 Å². The molecule has 0 amide bonds. The molecule has 2 rings (SSSR count). The molecule has 0 saturated heterocycles. The van der Waals surface area contributed by atoms with Gasteiger partial charge in [-0.25, -0.2) is 0 Å². The molecule has 0 bridgehead atoms. The van der Waals surface area contributed by atoms with Gasteiger partial charge in [-0.2, -0.15) is 0 Å². The maximum Gasteiger partial charge on any atom is 0.311 e. The van der Waals surface area contributed by atoms with E-state index in [4.69, 9.17) is 0 Å². The molecule has 0 radical (unpaired) electrons. The Balaban J connectivity index is 2.17. The van der Waals surface area contributed by atoms with Crippen molar-refractivity contribution < 1.29 is 9.90 Å². The second kappa shape index (κ2) is 5.24. The summed E-state index contributed by atoms with van der Waals surface area (Å²) in [5.74, 6) is -0.226. The zero-order chi connectivity index (χ0) is 14.0. The summed E-state index contributed by atoms with van der Waals surface area (Å²) in [6.45, 7) is 6.93. The fraction of sp³-hybridized carbons (Fsp3) is 0.562. The van der Waals surface area contributed by atoms with Crippen LogP contribution in [0.15, 0.2) is 18.2 Å². The Labute approximate surface area is 115 Å². The number of carbonyl (C=O) groups is 1. The molecule has 0 aliphatic heterocycles. The largest absolute Gasteiger partial charge is 0.481 e. The molecule has 1 fully saturated rings. The maximum atomic E-state index is 11.4. The van der Waals surface area contributed by atoms with Gasteiger partial charge in [0.05, 0.1) is 5.41 Å². The van der Waals surface area contributed by atoms with Crippen molar-refractivity contribution in [2.75, 3.05) is 11.9 Å². The number of para-hydroxylation sites is 1. The zero-order valence-corrected chi connectivity index (χ0v) is 12.0. The molecule has 1 aliphatic carbocycles. The number of aryl methyl sites for hydroxylation is 1. The molecule has 0 spiro atoms. The van der Waals surface area contributed by atoms with Crippen molar-refractivity contribution in [2.45, 2.75) is 46.0 Å². The topological polar surface area (TPSA) is 49.3 Å². The lowest BCUT2D eigenvalue weighted by Crippen LogP contribution is -2.43. The lowest BCUT2D eigenvalue weighted by atomic mass is 9.68. The highest BCUT2D eigenvalue weighted by Crippen LogP contribution is 2.41. The summed E-state index contributed by atoms with van der Waals surface area (Å²) in [5.41, 5.74) is 3.02. The molecule has 19 heavy (non-hydrogen) atoms. The summed E-state index contributed by atoms with van der Waals surface area (Å²) >= 11 is 0. The second-order valence-corrected chi connectivity index (χ2v) is 5.99. The number of hydrogen-bond donors (Lipinski definition) is 2. The monoisotopic (exact) mass is 261 g/mol. The van der Waals surface area contributed by atoms with Gasteiger partial charge < -0.3 is 10.4 Å². The molecule has 0 heterocycles. The Morgan fingerprint density at radius 3 is 2.58 bits per heavy atom. The van der Waals surface area contributed by atoms with Crippen molar-refractivity contribution in [3.05, 3.63) is 29.3 Å². The highest BCUT2D eigenvalue weighted by atomic mass is 16.4. The Morgan fingerprint density at radius 2 is 2.11 bits per heavy atom. The molecule has 104 valence electrons. The van der Waals surface area contributed by atoms with E-state index in [1.165, 1.54) is 11.1 Å². The van der Waals surface area contributed by atoms with Crippen LogP contribution in [-0.2, 0) is 4.79 Å². The van der Waals surface area contributed by atoms with E-state index in [2.05, 4.69) is 44.3 Å². The van der Waals surface area contributed by atoms with Crippen LogP contribution < -0.4 is 5.32 Å². The number of carboxylic acid groups (broad SMARTS) is 1. The minimum atomic E-state index is -0.661. The molecule has 3 nitrogen and oxygen atoms in total. The fourth-order valence-electron chi connectivity index (χ4n) is 2.74. The van der Waals surface area contributed by atoms with Gasteiger partial charge in [0.2, 0.25) is 0 Å². The number of aliphatic carboxylic acids is 1. The van der Waals surface area contributed by atoms with Crippen molar-refractivity contribution in [1.82, 2.24) is 0 Å². The van der Waals surface area contributed by atoms with Crippen LogP contribution in [-0.4, -0.2) is 17.6 Å². The molecule has 3 heteroatoms. The average Bonchev–Trinajstić information content (AvgIpc) is 2.28. The van der Waals surface area contributed by atoms with Gasteiger partial charge in [-0.1, -0.05) is 38.5 Å². The molecule has 0 atom stereocenters. The number of benzene rings is 1. The molecular weight excluding hydrogens is 238 g/mol. The van der Waals surface area contributed by atoms with Crippen LogP contribution >= 0.6 is 0 Å². The first-order chi connectivity index (χ1) is 8.96. The van der Waals surface area contributed by atoms with E-state index in [1.807, 2.05) is 0 Å². The molecule has 0 aromatic heterocycles. The molecule has 0 unspecified atom stereocenters. The standard InChI is InChI=1S/C16H23NO2/c1-11(2)13-7-4-6-12(3)14(13)17-10-16(15(18)19)8-5-9-16/h4,6-7,11,17H,5,8-10H2,1-3H3,(H,18,19). The van der Waals surface area contributed by atoms with Crippen molar-refractivity contribution in [2.24, 2.45) is 5.41 Å². The van der Waals surface area contributed by atoms with Gasteiger partial charge in [-0.15, -0.1) is 0 Å². The number of anilines is 1. The summed E-state index contributed by atoms with van der Waals surface area (Å²) in [6, 6.07) is 6.25. The summed E-state index contributed by atoms with van der Waals surface area (Å²) in [7, 11) is 0. The van der Waals surface area contributed by atoms with Crippen molar-refractivity contribution in [3.8, 4) is 0 Å². The SMILES string of the molecule is Cc1cccc(C(C)C)c1NCC1(C(=O)O)CCC1. The molecule has 2 N–H and O–H groups in total. The lowest BCUT2D eigenvalue weighted by Gasteiger charge is -2.38. The zero-order valence-electron chi connectivity index (χ0n) is 12.0. The second-order valence-electron chi connectivity index (χ2n) is 5.99. The van der Waals surface area contributed by atoms with Crippen LogP contribution in [0.25, 0.3) is 0 Å². The fourth-order valence-corrected chi connectivity index (χ4v) is 2.74. The maximum absolute atomic E-state index is 11.4. The van der Waals surface area contributed by atoms with Gasteiger partial charge in [0.1, 0.15) is 0 Å².